The lowest BCUT2D eigenvalue weighted by Crippen LogP contribution is -2.31. The third-order valence-electron chi connectivity index (χ3n) is 2.91. The number of amides is 1. The minimum absolute atomic E-state index is 0.0782. The van der Waals surface area contributed by atoms with Crippen molar-refractivity contribution in [2.75, 3.05) is 10.6 Å². The molecule has 20 heavy (non-hydrogen) atoms. The highest BCUT2D eigenvalue weighted by Crippen LogP contribution is 2.15. The highest BCUT2D eigenvalue weighted by atomic mass is 35.5. The number of anilines is 2. The van der Waals surface area contributed by atoms with Crippen LogP contribution in [0.25, 0.3) is 0 Å². The van der Waals surface area contributed by atoms with Crippen LogP contribution in [0.15, 0.2) is 48.5 Å². The maximum atomic E-state index is 12.1. The molecule has 2 aromatic carbocycles. The normalized spacial score (nSPS) is 11.8. The third kappa shape index (κ3) is 4.00. The number of hydrogen-bond donors (Lipinski definition) is 2. The number of halogens is 1. The Morgan fingerprint density at radius 3 is 2.45 bits per heavy atom. The van der Waals surface area contributed by atoms with E-state index in [-0.39, 0.29) is 11.9 Å². The summed E-state index contributed by atoms with van der Waals surface area (Å²) in [5.74, 6) is -0.0782. The third-order valence-corrected chi connectivity index (χ3v) is 3.16. The van der Waals surface area contributed by atoms with Crippen molar-refractivity contribution in [3.63, 3.8) is 0 Å². The first-order valence-electron chi connectivity index (χ1n) is 6.44. The molecule has 0 aliphatic heterocycles. The lowest BCUT2D eigenvalue weighted by Gasteiger charge is -2.15. The first-order valence-corrected chi connectivity index (χ1v) is 6.82. The zero-order valence-corrected chi connectivity index (χ0v) is 12.2. The molecule has 2 aromatic rings. The van der Waals surface area contributed by atoms with Gasteiger partial charge in [-0.05, 0) is 55.8 Å². The molecule has 0 aliphatic carbocycles. The maximum absolute atomic E-state index is 12.1. The van der Waals surface area contributed by atoms with Gasteiger partial charge in [-0.2, -0.15) is 0 Å². The highest BCUT2D eigenvalue weighted by molar-refractivity contribution is 6.30. The van der Waals surface area contributed by atoms with E-state index in [2.05, 4.69) is 10.6 Å². The zero-order valence-electron chi connectivity index (χ0n) is 11.5. The number of nitrogens with one attached hydrogen (secondary N) is 2. The molecule has 2 rings (SSSR count). The van der Waals surface area contributed by atoms with Gasteiger partial charge in [0.25, 0.3) is 0 Å². The van der Waals surface area contributed by atoms with Gasteiger partial charge in [-0.15, -0.1) is 0 Å². The van der Waals surface area contributed by atoms with Crippen molar-refractivity contribution >= 4 is 28.9 Å². The summed E-state index contributed by atoms with van der Waals surface area (Å²) in [4.78, 5) is 12.1. The van der Waals surface area contributed by atoms with Crippen molar-refractivity contribution in [1.29, 1.82) is 0 Å². The van der Waals surface area contributed by atoms with Crippen molar-refractivity contribution in [1.82, 2.24) is 0 Å². The van der Waals surface area contributed by atoms with E-state index >= 15 is 0 Å². The van der Waals surface area contributed by atoms with Crippen molar-refractivity contribution in [2.45, 2.75) is 19.9 Å². The minimum atomic E-state index is -0.336. The Morgan fingerprint density at radius 2 is 1.80 bits per heavy atom. The van der Waals surface area contributed by atoms with E-state index in [4.69, 9.17) is 11.6 Å². The Labute approximate surface area is 124 Å². The van der Waals surface area contributed by atoms with Gasteiger partial charge in [0.2, 0.25) is 5.91 Å². The van der Waals surface area contributed by atoms with Crippen LogP contribution in [-0.2, 0) is 4.79 Å². The molecule has 0 fully saturated rings. The Kier molecular flexibility index (Phi) is 4.64. The summed E-state index contributed by atoms with van der Waals surface area (Å²) >= 11 is 5.83. The van der Waals surface area contributed by atoms with Crippen LogP contribution >= 0.6 is 11.6 Å². The SMILES string of the molecule is Cc1cccc(NC(=O)C(C)Nc2ccc(Cl)cc2)c1. The van der Waals surface area contributed by atoms with Gasteiger partial charge in [-0.1, -0.05) is 23.7 Å². The number of hydrogen-bond acceptors (Lipinski definition) is 2. The lowest BCUT2D eigenvalue weighted by molar-refractivity contribution is -0.116. The summed E-state index contributed by atoms with van der Waals surface area (Å²) in [6.07, 6.45) is 0. The van der Waals surface area contributed by atoms with Gasteiger partial charge in [-0.3, -0.25) is 4.79 Å². The second kappa shape index (κ2) is 6.44. The van der Waals surface area contributed by atoms with E-state index in [1.807, 2.05) is 50.2 Å². The second-order valence-electron chi connectivity index (χ2n) is 4.73. The largest absolute Gasteiger partial charge is 0.374 e. The summed E-state index contributed by atoms with van der Waals surface area (Å²) in [5.41, 5.74) is 2.78. The van der Waals surface area contributed by atoms with Crippen LogP contribution in [-0.4, -0.2) is 11.9 Å². The number of rotatable bonds is 4. The van der Waals surface area contributed by atoms with Crippen LogP contribution in [0, 0.1) is 6.92 Å². The molecule has 0 aliphatic rings. The maximum Gasteiger partial charge on any atom is 0.246 e. The van der Waals surface area contributed by atoms with E-state index in [0.29, 0.717) is 5.02 Å². The van der Waals surface area contributed by atoms with Crippen LogP contribution in [0.5, 0.6) is 0 Å². The van der Waals surface area contributed by atoms with Gasteiger partial charge in [0.05, 0.1) is 0 Å². The summed E-state index contributed by atoms with van der Waals surface area (Å²) in [6.45, 7) is 3.81. The fourth-order valence-corrected chi connectivity index (χ4v) is 1.96. The molecule has 1 atom stereocenters. The van der Waals surface area contributed by atoms with Crippen molar-refractivity contribution < 1.29 is 4.79 Å². The topological polar surface area (TPSA) is 41.1 Å². The highest BCUT2D eigenvalue weighted by Gasteiger charge is 2.12. The average Bonchev–Trinajstić information content (AvgIpc) is 2.41. The average molecular weight is 289 g/mol. The monoisotopic (exact) mass is 288 g/mol. The molecule has 1 amide bonds. The van der Waals surface area contributed by atoms with Crippen LogP contribution in [0.1, 0.15) is 12.5 Å². The Balaban J connectivity index is 1.96. The molecule has 2 N–H and O–H groups in total. The van der Waals surface area contributed by atoms with E-state index in [0.717, 1.165) is 16.9 Å². The Bertz CT molecular complexity index is 596. The Morgan fingerprint density at radius 1 is 1.10 bits per heavy atom. The summed E-state index contributed by atoms with van der Waals surface area (Å²) in [7, 11) is 0. The number of carbonyl (C=O) groups excluding carboxylic acids is 1. The van der Waals surface area contributed by atoms with E-state index in [1.54, 1.807) is 12.1 Å². The molecular formula is C16H17ClN2O. The van der Waals surface area contributed by atoms with Crippen molar-refractivity contribution in [3.05, 3.63) is 59.1 Å². The molecule has 0 heterocycles. The van der Waals surface area contributed by atoms with Crippen molar-refractivity contribution in [3.8, 4) is 0 Å². The van der Waals surface area contributed by atoms with E-state index < -0.39 is 0 Å². The van der Waals surface area contributed by atoms with Gasteiger partial charge >= 0.3 is 0 Å². The molecule has 0 saturated heterocycles. The molecule has 0 aromatic heterocycles. The van der Waals surface area contributed by atoms with Crippen molar-refractivity contribution in [2.24, 2.45) is 0 Å². The summed E-state index contributed by atoms with van der Waals surface area (Å²) in [6, 6.07) is 14.7. The summed E-state index contributed by atoms with van der Waals surface area (Å²) < 4.78 is 0. The quantitative estimate of drug-likeness (QED) is 0.890. The molecule has 0 saturated carbocycles. The number of carbonyl (C=O) groups is 1. The fraction of sp³-hybridized carbons (Fsp3) is 0.188. The first-order chi connectivity index (χ1) is 9.54. The zero-order chi connectivity index (χ0) is 14.5. The molecule has 3 nitrogen and oxygen atoms in total. The predicted octanol–water partition coefficient (Wildman–Crippen LogP) is 4.09. The van der Waals surface area contributed by atoms with E-state index in [9.17, 15) is 4.79 Å². The smallest absolute Gasteiger partial charge is 0.246 e. The molecular weight excluding hydrogens is 272 g/mol. The van der Waals surface area contributed by atoms with Crippen LogP contribution in [0.4, 0.5) is 11.4 Å². The number of benzene rings is 2. The van der Waals surface area contributed by atoms with Crippen LogP contribution < -0.4 is 10.6 Å². The van der Waals surface area contributed by atoms with Crippen LogP contribution in [0.3, 0.4) is 0 Å². The van der Waals surface area contributed by atoms with Gasteiger partial charge in [0.1, 0.15) is 6.04 Å². The molecule has 0 radical (unpaired) electrons. The van der Waals surface area contributed by atoms with Gasteiger partial charge in [-0.25, -0.2) is 0 Å². The molecule has 104 valence electrons. The van der Waals surface area contributed by atoms with Gasteiger partial charge in [0.15, 0.2) is 0 Å². The standard InChI is InChI=1S/C16H17ClN2O/c1-11-4-3-5-15(10-11)19-16(20)12(2)18-14-8-6-13(17)7-9-14/h3-10,12,18H,1-2H3,(H,19,20). The van der Waals surface area contributed by atoms with Crippen LogP contribution in [0.2, 0.25) is 5.02 Å². The lowest BCUT2D eigenvalue weighted by atomic mass is 10.2. The van der Waals surface area contributed by atoms with E-state index in [1.165, 1.54) is 0 Å². The predicted molar refractivity (Wildman–Crippen MR) is 84.3 cm³/mol. The molecule has 0 spiro atoms. The second-order valence-corrected chi connectivity index (χ2v) is 5.17. The summed E-state index contributed by atoms with van der Waals surface area (Å²) in [5, 5.41) is 6.69. The molecule has 0 bridgehead atoms. The minimum Gasteiger partial charge on any atom is -0.374 e. The Hall–Kier alpha value is -2.00. The fourth-order valence-electron chi connectivity index (χ4n) is 1.83. The number of aryl methyl sites for hydroxylation is 1. The van der Waals surface area contributed by atoms with Gasteiger partial charge in [0, 0.05) is 16.4 Å². The van der Waals surface area contributed by atoms with Gasteiger partial charge < -0.3 is 10.6 Å². The molecule has 1 unspecified atom stereocenters. The molecule has 4 heteroatoms. The first kappa shape index (κ1) is 14.4.